The summed E-state index contributed by atoms with van der Waals surface area (Å²) in [5.74, 6) is -0.835. The zero-order valence-electron chi connectivity index (χ0n) is 9.30. The lowest BCUT2D eigenvalue weighted by molar-refractivity contribution is -0.137. The summed E-state index contributed by atoms with van der Waals surface area (Å²) in [7, 11) is 0. The average molecular weight is 231 g/mol. The van der Waals surface area contributed by atoms with Crippen LogP contribution in [0.15, 0.2) is 41.2 Å². The maximum Gasteiger partial charge on any atom is 0.303 e. The van der Waals surface area contributed by atoms with Crippen LogP contribution in [0.5, 0.6) is 0 Å². The van der Waals surface area contributed by atoms with Crippen molar-refractivity contribution in [3.8, 4) is 0 Å². The third-order valence-corrected chi connectivity index (χ3v) is 2.67. The largest absolute Gasteiger partial charge is 0.481 e. The van der Waals surface area contributed by atoms with Crippen molar-refractivity contribution in [1.29, 1.82) is 0 Å². The summed E-state index contributed by atoms with van der Waals surface area (Å²) in [4.78, 5) is 22.2. The highest BCUT2D eigenvalue weighted by Gasteiger charge is 2.03. The van der Waals surface area contributed by atoms with Gasteiger partial charge in [-0.1, -0.05) is 18.2 Å². The zero-order chi connectivity index (χ0) is 12.3. The molecule has 0 aliphatic carbocycles. The fraction of sp³-hybridized carbons (Fsp3) is 0.231. The van der Waals surface area contributed by atoms with Gasteiger partial charge < -0.3 is 9.67 Å². The van der Waals surface area contributed by atoms with Gasteiger partial charge in [0.2, 0.25) is 0 Å². The normalized spacial score (nSPS) is 10.6. The van der Waals surface area contributed by atoms with Crippen molar-refractivity contribution in [2.75, 3.05) is 0 Å². The molecule has 0 unspecified atom stereocenters. The Labute approximate surface area is 98.1 Å². The molecule has 17 heavy (non-hydrogen) atoms. The lowest BCUT2D eigenvalue weighted by atomic mass is 10.2. The van der Waals surface area contributed by atoms with E-state index in [1.165, 1.54) is 6.07 Å². The summed E-state index contributed by atoms with van der Waals surface area (Å²) in [5, 5.41) is 9.58. The van der Waals surface area contributed by atoms with E-state index < -0.39 is 5.97 Å². The Morgan fingerprint density at radius 2 is 1.94 bits per heavy atom. The first-order chi connectivity index (χ1) is 8.18. The monoisotopic (exact) mass is 231 g/mol. The number of aliphatic carboxylic acids is 1. The molecule has 0 amide bonds. The molecule has 2 rings (SSSR count). The van der Waals surface area contributed by atoms with Crippen LogP contribution in [0.4, 0.5) is 0 Å². The lowest BCUT2D eigenvalue weighted by Crippen LogP contribution is -2.19. The summed E-state index contributed by atoms with van der Waals surface area (Å²) >= 11 is 0. The maximum atomic E-state index is 11.7. The van der Waals surface area contributed by atoms with Crippen LogP contribution < -0.4 is 5.56 Å². The van der Waals surface area contributed by atoms with Crippen molar-refractivity contribution in [1.82, 2.24) is 4.57 Å². The van der Waals surface area contributed by atoms with Crippen molar-refractivity contribution in [3.63, 3.8) is 0 Å². The van der Waals surface area contributed by atoms with Crippen molar-refractivity contribution in [2.45, 2.75) is 19.4 Å². The Morgan fingerprint density at radius 3 is 2.71 bits per heavy atom. The molecule has 0 aliphatic heterocycles. The molecule has 0 radical (unpaired) electrons. The lowest BCUT2D eigenvalue weighted by Gasteiger charge is -2.08. The number of pyridine rings is 1. The number of aryl methyl sites for hydroxylation is 1. The van der Waals surface area contributed by atoms with E-state index in [1.54, 1.807) is 10.6 Å². The van der Waals surface area contributed by atoms with E-state index >= 15 is 0 Å². The van der Waals surface area contributed by atoms with Gasteiger partial charge in [-0.25, -0.2) is 0 Å². The molecule has 1 heterocycles. The van der Waals surface area contributed by atoms with Crippen LogP contribution >= 0.6 is 0 Å². The summed E-state index contributed by atoms with van der Waals surface area (Å²) in [6.07, 6.45) is 0.541. The first-order valence-corrected chi connectivity index (χ1v) is 5.49. The second kappa shape index (κ2) is 4.82. The Morgan fingerprint density at radius 1 is 1.18 bits per heavy atom. The highest BCUT2D eigenvalue weighted by molar-refractivity contribution is 5.78. The third-order valence-electron chi connectivity index (χ3n) is 2.67. The van der Waals surface area contributed by atoms with Crippen molar-refractivity contribution < 1.29 is 9.90 Å². The molecule has 4 nitrogen and oxygen atoms in total. The van der Waals surface area contributed by atoms with Gasteiger partial charge in [-0.2, -0.15) is 0 Å². The second-order valence-corrected chi connectivity index (χ2v) is 3.88. The number of carbonyl (C=O) groups is 1. The van der Waals surface area contributed by atoms with Gasteiger partial charge in [0.15, 0.2) is 0 Å². The average Bonchev–Trinajstić information content (AvgIpc) is 2.32. The summed E-state index contributed by atoms with van der Waals surface area (Å²) in [6.45, 7) is 0.437. The number of rotatable bonds is 4. The number of hydrogen-bond donors (Lipinski definition) is 1. The van der Waals surface area contributed by atoms with Crippen LogP contribution in [0.3, 0.4) is 0 Å². The Hall–Kier alpha value is -2.10. The molecule has 88 valence electrons. The molecule has 1 N–H and O–H groups in total. The van der Waals surface area contributed by atoms with Crippen LogP contribution in [-0.4, -0.2) is 15.6 Å². The second-order valence-electron chi connectivity index (χ2n) is 3.88. The van der Waals surface area contributed by atoms with Crippen molar-refractivity contribution in [2.24, 2.45) is 0 Å². The van der Waals surface area contributed by atoms with Crippen LogP contribution in [0.25, 0.3) is 10.9 Å². The van der Waals surface area contributed by atoms with Gasteiger partial charge in [0.25, 0.3) is 5.56 Å². The topological polar surface area (TPSA) is 59.3 Å². The zero-order valence-corrected chi connectivity index (χ0v) is 9.30. The smallest absolute Gasteiger partial charge is 0.303 e. The minimum atomic E-state index is -0.835. The van der Waals surface area contributed by atoms with Gasteiger partial charge in [-0.3, -0.25) is 9.59 Å². The summed E-state index contributed by atoms with van der Waals surface area (Å²) in [5.41, 5.74) is 0.763. The predicted molar refractivity (Wildman–Crippen MR) is 65.1 cm³/mol. The van der Waals surface area contributed by atoms with Crippen molar-refractivity contribution in [3.05, 3.63) is 46.8 Å². The molecule has 2 aromatic rings. The maximum absolute atomic E-state index is 11.7. The van der Waals surface area contributed by atoms with E-state index in [2.05, 4.69) is 0 Å². The fourth-order valence-corrected chi connectivity index (χ4v) is 1.86. The number of carboxylic acids is 1. The minimum Gasteiger partial charge on any atom is -0.481 e. The number of nitrogens with zero attached hydrogens (tertiary/aromatic N) is 1. The number of para-hydroxylation sites is 1. The molecule has 0 atom stereocenters. The molecular formula is C13H13NO3. The molecular weight excluding hydrogens is 218 g/mol. The Bertz CT molecular complexity index is 601. The van der Waals surface area contributed by atoms with Gasteiger partial charge >= 0.3 is 5.97 Å². The van der Waals surface area contributed by atoms with E-state index in [4.69, 9.17) is 5.11 Å². The van der Waals surface area contributed by atoms with E-state index in [1.807, 2.05) is 24.3 Å². The molecule has 0 fully saturated rings. The number of carboxylic acid groups (broad SMARTS) is 1. The summed E-state index contributed by atoms with van der Waals surface area (Å²) < 4.78 is 1.62. The molecule has 0 spiro atoms. The van der Waals surface area contributed by atoms with Gasteiger partial charge in [0, 0.05) is 19.0 Å². The van der Waals surface area contributed by atoms with Crippen LogP contribution in [0.1, 0.15) is 12.8 Å². The van der Waals surface area contributed by atoms with Gasteiger partial charge in [0.05, 0.1) is 5.52 Å². The first kappa shape index (κ1) is 11.4. The van der Waals surface area contributed by atoms with Crippen molar-refractivity contribution >= 4 is 16.9 Å². The molecule has 1 aromatic heterocycles. The first-order valence-electron chi connectivity index (χ1n) is 5.49. The van der Waals surface area contributed by atoms with E-state index in [9.17, 15) is 9.59 Å². The highest BCUT2D eigenvalue weighted by atomic mass is 16.4. The van der Waals surface area contributed by atoms with Gasteiger partial charge in [-0.15, -0.1) is 0 Å². The standard InChI is InChI=1S/C13H13NO3/c15-12-8-7-10-4-1-2-5-11(10)14(12)9-3-6-13(16)17/h1-2,4-5,7-8H,3,6,9H2,(H,16,17). The molecule has 1 aromatic carbocycles. The quantitative estimate of drug-likeness (QED) is 0.873. The number of aromatic nitrogens is 1. The van der Waals surface area contributed by atoms with Crippen LogP contribution in [-0.2, 0) is 11.3 Å². The number of fused-ring (bicyclic) bond motifs is 1. The van der Waals surface area contributed by atoms with Crippen LogP contribution in [0, 0.1) is 0 Å². The summed E-state index contributed by atoms with van der Waals surface area (Å²) in [6, 6.07) is 10.9. The minimum absolute atomic E-state index is 0.0790. The number of benzene rings is 1. The predicted octanol–water partition coefficient (Wildman–Crippen LogP) is 1.87. The molecule has 4 heteroatoms. The van der Waals surface area contributed by atoms with Gasteiger partial charge in [0.1, 0.15) is 0 Å². The molecule has 0 bridgehead atoms. The van der Waals surface area contributed by atoms with E-state index in [-0.39, 0.29) is 12.0 Å². The van der Waals surface area contributed by atoms with Gasteiger partial charge in [-0.05, 0) is 23.9 Å². The van der Waals surface area contributed by atoms with E-state index in [0.29, 0.717) is 13.0 Å². The SMILES string of the molecule is O=C(O)CCCn1c(=O)ccc2ccccc21. The van der Waals surface area contributed by atoms with E-state index in [0.717, 1.165) is 10.9 Å². The van der Waals surface area contributed by atoms with Crippen LogP contribution in [0.2, 0.25) is 0 Å². The Balaban J connectivity index is 2.34. The highest BCUT2D eigenvalue weighted by Crippen LogP contribution is 2.11. The molecule has 0 saturated carbocycles. The molecule has 0 aliphatic rings. The Kier molecular flexibility index (Phi) is 3.23. The third kappa shape index (κ3) is 2.53. The molecule has 0 saturated heterocycles. The number of hydrogen-bond acceptors (Lipinski definition) is 2. The fourth-order valence-electron chi connectivity index (χ4n) is 1.86.